The Labute approximate surface area is 117 Å². The van der Waals surface area contributed by atoms with E-state index in [1.54, 1.807) is 4.90 Å². The van der Waals surface area contributed by atoms with Crippen molar-refractivity contribution in [1.82, 2.24) is 10.2 Å². The molecule has 4 nitrogen and oxygen atoms in total. The van der Waals surface area contributed by atoms with E-state index in [0.717, 1.165) is 6.26 Å². The van der Waals surface area contributed by atoms with Crippen LogP contribution in [0.5, 0.6) is 0 Å². The molecular weight excluding hydrogens is 286 g/mol. The third-order valence-corrected chi connectivity index (χ3v) is 4.56. The van der Waals surface area contributed by atoms with Crippen molar-refractivity contribution in [3.63, 3.8) is 0 Å². The maximum absolute atomic E-state index is 13.3. The fourth-order valence-electron chi connectivity index (χ4n) is 2.39. The predicted molar refractivity (Wildman–Crippen MR) is 72.7 cm³/mol. The zero-order valence-corrected chi connectivity index (χ0v) is 12.0. The molecule has 1 aromatic rings. The zero-order valence-electron chi connectivity index (χ0n) is 11.2. The average molecular weight is 304 g/mol. The van der Waals surface area contributed by atoms with E-state index >= 15 is 0 Å². The molecule has 1 fully saturated rings. The van der Waals surface area contributed by atoms with Gasteiger partial charge in [-0.05, 0) is 17.7 Å². The summed E-state index contributed by atoms with van der Waals surface area (Å²) in [5.74, 6) is 0. The van der Waals surface area contributed by atoms with E-state index in [4.69, 9.17) is 0 Å². The molecule has 1 aromatic carbocycles. The van der Waals surface area contributed by atoms with E-state index in [0.29, 0.717) is 31.7 Å². The van der Waals surface area contributed by atoms with Gasteiger partial charge in [-0.2, -0.15) is 0 Å². The lowest BCUT2D eigenvalue weighted by Gasteiger charge is -2.34. The Hall–Kier alpha value is -1.05. The summed E-state index contributed by atoms with van der Waals surface area (Å²) in [5, 5.41) is 3.12. The zero-order chi connectivity index (χ0) is 14.8. The number of rotatable bonds is 4. The normalized spacial score (nSPS) is 19.2. The van der Waals surface area contributed by atoms with Gasteiger partial charge in [-0.25, -0.2) is 17.2 Å². The number of piperazine rings is 1. The Morgan fingerprint density at radius 2 is 1.70 bits per heavy atom. The molecule has 7 heteroatoms. The van der Waals surface area contributed by atoms with Gasteiger partial charge in [-0.1, -0.05) is 12.1 Å². The van der Waals surface area contributed by atoms with Gasteiger partial charge < -0.3 is 5.32 Å². The molecule has 1 atom stereocenters. The second kappa shape index (κ2) is 6.15. The molecule has 20 heavy (non-hydrogen) atoms. The highest BCUT2D eigenvalue weighted by atomic mass is 32.2. The molecule has 0 spiro atoms. The van der Waals surface area contributed by atoms with Crippen LogP contribution in [0.4, 0.5) is 8.78 Å². The van der Waals surface area contributed by atoms with Crippen LogP contribution in [-0.4, -0.2) is 52.2 Å². The average Bonchev–Trinajstić information content (AvgIpc) is 2.39. The Morgan fingerprint density at radius 3 is 2.15 bits per heavy atom. The van der Waals surface area contributed by atoms with E-state index in [1.807, 2.05) is 0 Å². The van der Waals surface area contributed by atoms with Crippen LogP contribution in [0.25, 0.3) is 0 Å². The quantitative estimate of drug-likeness (QED) is 0.911. The molecule has 1 heterocycles. The first-order valence-corrected chi connectivity index (χ1v) is 8.31. The molecular formula is C13H18F2N2O2S. The minimum Gasteiger partial charge on any atom is -0.314 e. The summed E-state index contributed by atoms with van der Waals surface area (Å²) in [4.78, 5) is 1.88. The van der Waals surface area contributed by atoms with E-state index < -0.39 is 22.3 Å². The Bertz CT molecular complexity index is 540. The highest BCUT2D eigenvalue weighted by Crippen LogP contribution is 2.28. The number of hydrogen-bond acceptors (Lipinski definition) is 4. The Balaban J connectivity index is 2.25. The van der Waals surface area contributed by atoms with Crippen molar-refractivity contribution < 1.29 is 17.2 Å². The first kappa shape index (κ1) is 15.3. The topological polar surface area (TPSA) is 49.4 Å². The fourth-order valence-corrected chi connectivity index (χ4v) is 3.02. The maximum Gasteiger partial charge on any atom is 0.258 e. The van der Waals surface area contributed by atoms with Crippen molar-refractivity contribution in [3.05, 3.63) is 29.8 Å². The number of nitrogens with zero attached hydrogens (tertiary/aromatic N) is 1. The van der Waals surface area contributed by atoms with Gasteiger partial charge in [0.05, 0.1) is 10.9 Å². The van der Waals surface area contributed by atoms with Crippen molar-refractivity contribution in [3.8, 4) is 0 Å². The molecule has 0 unspecified atom stereocenters. The molecule has 0 aliphatic carbocycles. The largest absolute Gasteiger partial charge is 0.314 e. The lowest BCUT2D eigenvalue weighted by molar-refractivity contribution is 0.0181. The van der Waals surface area contributed by atoms with E-state index in [1.165, 1.54) is 24.3 Å². The molecule has 2 rings (SSSR count). The second-order valence-corrected chi connectivity index (χ2v) is 6.92. The molecule has 112 valence electrons. The van der Waals surface area contributed by atoms with E-state index in [9.17, 15) is 17.2 Å². The van der Waals surface area contributed by atoms with Crippen molar-refractivity contribution >= 4 is 9.84 Å². The predicted octanol–water partition coefficient (Wildman–Crippen LogP) is 1.30. The molecule has 0 saturated carbocycles. The SMILES string of the molecule is CS(=O)(=O)c1ccc([C@@H](C(F)F)N2CCNCC2)cc1. The summed E-state index contributed by atoms with van der Waals surface area (Å²) in [7, 11) is -3.30. The van der Waals surface area contributed by atoms with Crippen molar-refractivity contribution in [1.29, 1.82) is 0 Å². The smallest absolute Gasteiger partial charge is 0.258 e. The summed E-state index contributed by atoms with van der Waals surface area (Å²) in [6.07, 6.45) is -1.40. The third kappa shape index (κ3) is 3.53. The summed E-state index contributed by atoms with van der Waals surface area (Å²) < 4.78 is 49.4. The van der Waals surface area contributed by atoms with E-state index in [-0.39, 0.29) is 4.90 Å². The van der Waals surface area contributed by atoms with Crippen LogP contribution >= 0.6 is 0 Å². The van der Waals surface area contributed by atoms with Gasteiger partial charge in [0.1, 0.15) is 0 Å². The maximum atomic E-state index is 13.3. The molecule has 1 aliphatic rings. The fraction of sp³-hybridized carbons (Fsp3) is 0.538. The van der Waals surface area contributed by atoms with Crippen molar-refractivity contribution in [2.24, 2.45) is 0 Å². The van der Waals surface area contributed by atoms with Crippen LogP contribution in [0.15, 0.2) is 29.2 Å². The minimum atomic E-state index is -3.30. The van der Waals surface area contributed by atoms with Crippen LogP contribution in [0.1, 0.15) is 11.6 Å². The van der Waals surface area contributed by atoms with Gasteiger partial charge in [-0.15, -0.1) is 0 Å². The molecule has 1 saturated heterocycles. The van der Waals surface area contributed by atoms with Gasteiger partial charge in [0.2, 0.25) is 0 Å². The monoisotopic (exact) mass is 304 g/mol. The molecule has 0 amide bonds. The third-order valence-electron chi connectivity index (χ3n) is 3.43. The number of halogens is 2. The molecule has 0 radical (unpaired) electrons. The summed E-state index contributed by atoms with van der Waals surface area (Å²) in [6.45, 7) is 2.49. The lowest BCUT2D eigenvalue weighted by Crippen LogP contribution is -2.46. The lowest BCUT2D eigenvalue weighted by atomic mass is 10.1. The highest BCUT2D eigenvalue weighted by molar-refractivity contribution is 7.90. The van der Waals surface area contributed by atoms with Crippen LogP contribution in [0.3, 0.4) is 0 Å². The number of alkyl halides is 2. The first-order chi connectivity index (χ1) is 9.39. The van der Waals surface area contributed by atoms with Gasteiger partial charge in [0.25, 0.3) is 6.43 Å². The van der Waals surface area contributed by atoms with Gasteiger partial charge in [-0.3, -0.25) is 4.90 Å². The molecule has 1 N–H and O–H groups in total. The van der Waals surface area contributed by atoms with Crippen LogP contribution in [-0.2, 0) is 9.84 Å². The van der Waals surface area contributed by atoms with Crippen molar-refractivity contribution in [2.75, 3.05) is 32.4 Å². The molecule has 1 aliphatic heterocycles. The highest BCUT2D eigenvalue weighted by Gasteiger charge is 2.30. The summed E-state index contributed by atoms with van der Waals surface area (Å²) in [5.41, 5.74) is 0.453. The number of hydrogen-bond donors (Lipinski definition) is 1. The molecule has 0 aromatic heterocycles. The van der Waals surface area contributed by atoms with Crippen LogP contribution < -0.4 is 5.32 Å². The standard InChI is InChI=1S/C13H18F2N2O2S/c1-20(18,19)11-4-2-10(3-5-11)12(13(14)15)17-8-6-16-7-9-17/h2-5,12-13,16H,6-9H2,1H3/t12-/m0/s1. The van der Waals surface area contributed by atoms with Crippen molar-refractivity contribution in [2.45, 2.75) is 17.4 Å². The summed E-state index contributed by atoms with van der Waals surface area (Å²) in [6, 6.07) is 4.76. The Morgan fingerprint density at radius 1 is 1.15 bits per heavy atom. The van der Waals surface area contributed by atoms with Crippen LogP contribution in [0, 0.1) is 0 Å². The van der Waals surface area contributed by atoms with Gasteiger partial charge in [0.15, 0.2) is 9.84 Å². The van der Waals surface area contributed by atoms with Gasteiger partial charge in [0, 0.05) is 32.4 Å². The Kier molecular flexibility index (Phi) is 4.72. The van der Waals surface area contributed by atoms with Crippen LogP contribution in [0.2, 0.25) is 0 Å². The van der Waals surface area contributed by atoms with Gasteiger partial charge >= 0.3 is 0 Å². The number of sulfone groups is 1. The molecule has 0 bridgehead atoms. The number of benzene rings is 1. The minimum absolute atomic E-state index is 0.148. The summed E-state index contributed by atoms with van der Waals surface area (Å²) >= 11 is 0. The number of nitrogens with one attached hydrogen (secondary N) is 1. The first-order valence-electron chi connectivity index (χ1n) is 6.42. The van der Waals surface area contributed by atoms with E-state index in [2.05, 4.69) is 5.32 Å². The second-order valence-electron chi connectivity index (χ2n) is 4.91.